The quantitative estimate of drug-likeness (QED) is 0.456. The van der Waals surface area contributed by atoms with Crippen LogP contribution < -0.4 is 16.0 Å². The number of alkyl halides is 3. The van der Waals surface area contributed by atoms with Crippen molar-refractivity contribution in [1.29, 1.82) is 0 Å². The number of hydrogen-bond donors (Lipinski definition) is 1. The minimum absolute atomic E-state index is 0.00441. The zero-order valence-corrected chi connectivity index (χ0v) is 20.8. The molecule has 0 radical (unpaired) electrons. The highest BCUT2D eigenvalue weighted by Gasteiger charge is 2.34. The normalized spacial score (nSPS) is 18.7. The highest BCUT2D eigenvalue weighted by Crippen LogP contribution is 2.33. The third-order valence-corrected chi connectivity index (χ3v) is 6.29. The van der Waals surface area contributed by atoms with E-state index < -0.39 is 11.7 Å². The number of benzene rings is 1. The predicted octanol–water partition coefficient (Wildman–Crippen LogP) is 4.57. The lowest BCUT2D eigenvalue weighted by Gasteiger charge is -2.17. The average molecular weight is 512 g/mol. The van der Waals surface area contributed by atoms with E-state index in [2.05, 4.69) is 5.32 Å². The zero-order chi connectivity index (χ0) is 26.6. The Kier molecular flexibility index (Phi) is 7.97. The maximum absolute atomic E-state index is 14.0. The number of nitrogens with zero attached hydrogens (tertiary/aromatic N) is 2. The first kappa shape index (κ1) is 26.4. The van der Waals surface area contributed by atoms with Crippen molar-refractivity contribution in [2.45, 2.75) is 25.4 Å². The summed E-state index contributed by atoms with van der Waals surface area (Å²) in [6, 6.07) is 8.97. The van der Waals surface area contributed by atoms with Gasteiger partial charge >= 0.3 is 6.18 Å². The number of para-hydroxylation sites is 1. The topological polar surface area (TPSA) is 37.3 Å². The van der Waals surface area contributed by atoms with Gasteiger partial charge in [-0.25, -0.2) is 4.39 Å². The van der Waals surface area contributed by atoms with Gasteiger partial charge in [-0.3, -0.25) is 4.79 Å². The number of hydrogen-bond acceptors (Lipinski definition) is 2. The number of allylic oxidation sites excluding steroid dienone is 6. The Labute approximate surface area is 213 Å². The molecule has 0 spiro atoms. The van der Waals surface area contributed by atoms with Crippen LogP contribution in [0.25, 0.3) is 16.8 Å². The van der Waals surface area contributed by atoms with Crippen LogP contribution in [-0.4, -0.2) is 42.6 Å². The van der Waals surface area contributed by atoms with Crippen LogP contribution in [0.5, 0.6) is 0 Å². The van der Waals surface area contributed by atoms with Crippen molar-refractivity contribution in [2.75, 3.05) is 27.2 Å². The fourth-order valence-corrected chi connectivity index (χ4v) is 4.42. The molecule has 0 unspecified atom stereocenters. The van der Waals surface area contributed by atoms with E-state index in [4.69, 9.17) is 0 Å². The van der Waals surface area contributed by atoms with Crippen molar-refractivity contribution in [3.8, 4) is 5.69 Å². The van der Waals surface area contributed by atoms with Gasteiger partial charge in [-0.2, -0.15) is 13.2 Å². The SMILES string of the molecule is CN(C)CCCNC(=O)C1=CCC(=c2ccc(=C3C=CC(F)=CC3)n2-c2ccccc2C(F)(F)F)C=C1. The second-order valence-corrected chi connectivity index (χ2v) is 9.24. The standard InChI is InChI=1S/C29H29F4N3O/c1-35(2)19-5-18-34-28(37)22-10-8-20(9-11-22)25-16-17-26(21-12-14-23(30)15-13-21)36(25)27-7-4-3-6-24(27)29(31,32)33/h3-4,6-8,10-12,14-17H,5,9,13,18-19H2,1-2H3,(H,34,37). The van der Waals surface area contributed by atoms with E-state index in [9.17, 15) is 22.4 Å². The Morgan fingerprint density at radius 2 is 1.59 bits per heavy atom. The summed E-state index contributed by atoms with van der Waals surface area (Å²) in [7, 11) is 3.94. The molecule has 1 heterocycles. The van der Waals surface area contributed by atoms with Crippen molar-refractivity contribution in [3.05, 3.63) is 101 Å². The number of amides is 1. The smallest absolute Gasteiger partial charge is 0.352 e. The lowest BCUT2D eigenvalue weighted by atomic mass is 10.0. The molecular weight excluding hydrogens is 482 g/mol. The van der Waals surface area contributed by atoms with Gasteiger partial charge in [0.1, 0.15) is 5.83 Å². The van der Waals surface area contributed by atoms with Crippen molar-refractivity contribution in [1.82, 2.24) is 14.8 Å². The Hall–Kier alpha value is -3.65. The molecule has 1 aromatic carbocycles. The predicted molar refractivity (Wildman–Crippen MR) is 138 cm³/mol. The van der Waals surface area contributed by atoms with Gasteiger partial charge in [0.25, 0.3) is 5.91 Å². The van der Waals surface area contributed by atoms with Gasteiger partial charge in [-0.05, 0) is 93.5 Å². The van der Waals surface area contributed by atoms with E-state index in [1.807, 2.05) is 19.0 Å². The second kappa shape index (κ2) is 11.2. The second-order valence-electron chi connectivity index (χ2n) is 9.24. The summed E-state index contributed by atoms with van der Waals surface area (Å²) in [4.78, 5) is 14.6. The fourth-order valence-electron chi connectivity index (χ4n) is 4.42. The molecule has 2 aliphatic carbocycles. The highest BCUT2D eigenvalue weighted by molar-refractivity contribution is 5.97. The van der Waals surface area contributed by atoms with Crippen LogP contribution in [-0.2, 0) is 11.0 Å². The molecule has 8 heteroatoms. The monoisotopic (exact) mass is 511 g/mol. The Morgan fingerprint density at radius 3 is 2.16 bits per heavy atom. The largest absolute Gasteiger partial charge is 0.418 e. The lowest BCUT2D eigenvalue weighted by molar-refractivity contribution is -0.137. The van der Waals surface area contributed by atoms with Gasteiger partial charge in [0, 0.05) is 22.8 Å². The summed E-state index contributed by atoms with van der Waals surface area (Å²) in [6.07, 6.45) is 6.49. The maximum atomic E-state index is 14.0. The first-order chi connectivity index (χ1) is 17.6. The van der Waals surface area contributed by atoms with Crippen LogP contribution in [0.15, 0.2) is 84.3 Å². The van der Waals surface area contributed by atoms with E-state index in [-0.39, 0.29) is 23.8 Å². The van der Waals surface area contributed by atoms with E-state index in [0.29, 0.717) is 34.8 Å². The minimum atomic E-state index is -4.56. The lowest BCUT2D eigenvalue weighted by Crippen LogP contribution is -2.31. The molecule has 0 bridgehead atoms. The molecule has 0 saturated heterocycles. The minimum Gasteiger partial charge on any atom is -0.352 e. The van der Waals surface area contributed by atoms with Crippen molar-refractivity contribution in [2.24, 2.45) is 0 Å². The van der Waals surface area contributed by atoms with Crippen LogP contribution in [0.4, 0.5) is 17.6 Å². The number of rotatable bonds is 6. The summed E-state index contributed by atoms with van der Waals surface area (Å²) >= 11 is 0. The molecule has 2 aliphatic rings. The number of aromatic nitrogens is 1. The van der Waals surface area contributed by atoms with Crippen LogP contribution in [0.2, 0.25) is 0 Å². The van der Waals surface area contributed by atoms with Crippen molar-refractivity contribution < 1.29 is 22.4 Å². The first-order valence-corrected chi connectivity index (χ1v) is 12.1. The Bertz CT molecular complexity index is 1420. The Morgan fingerprint density at radius 1 is 0.946 bits per heavy atom. The van der Waals surface area contributed by atoms with E-state index in [0.717, 1.165) is 24.6 Å². The van der Waals surface area contributed by atoms with Gasteiger partial charge in [-0.15, -0.1) is 0 Å². The van der Waals surface area contributed by atoms with Gasteiger partial charge in [-0.1, -0.05) is 30.4 Å². The molecule has 37 heavy (non-hydrogen) atoms. The number of carbonyl (C=O) groups excluding carboxylic acids is 1. The number of carbonyl (C=O) groups is 1. The molecule has 1 N–H and O–H groups in total. The molecule has 0 saturated carbocycles. The molecule has 0 atom stereocenters. The molecule has 1 amide bonds. The van der Waals surface area contributed by atoms with Crippen molar-refractivity contribution >= 4 is 17.1 Å². The van der Waals surface area contributed by atoms with Crippen LogP contribution in [0.3, 0.4) is 0 Å². The van der Waals surface area contributed by atoms with E-state index in [1.165, 1.54) is 24.3 Å². The maximum Gasteiger partial charge on any atom is 0.418 e. The van der Waals surface area contributed by atoms with Gasteiger partial charge in [0.15, 0.2) is 0 Å². The molecule has 1 aromatic heterocycles. The van der Waals surface area contributed by atoms with Crippen LogP contribution >= 0.6 is 0 Å². The molecule has 194 valence electrons. The van der Waals surface area contributed by atoms with E-state index in [1.54, 1.807) is 47.1 Å². The van der Waals surface area contributed by atoms with E-state index >= 15 is 0 Å². The van der Waals surface area contributed by atoms with Gasteiger partial charge in [0.2, 0.25) is 0 Å². The number of halogens is 4. The Balaban J connectivity index is 1.76. The summed E-state index contributed by atoms with van der Waals surface area (Å²) in [6.45, 7) is 1.42. The molecule has 4 rings (SSSR count). The van der Waals surface area contributed by atoms with Crippen LogP contribution in [0, 0.1) is 0 Å². The first-order valence-electron chi connectivity index (χ1n) is 12.1. The molecule has 4 nitrogen and oxygen atoms in total. The summed E-state index contributed by atoms with van der Waals surface area (Å²) in [5.74, 6) is -0.552. The highest BCUT2D eigenvalue weighted by atomic mass is 19.4. The summed E-state index contributed by atoms with van der Waals surface area (Å²) < 4.78 is 57.1. The molecule has 0 fully saturated rings. The molecular formula is C29H29F4N3O. The third-order valence-electron chi connectivity index (χ3n) is 6.29. The third kappa shape index (κ3) is 6.20. The molecule has 2 aromatic rings. The van der Waals surface area contributed by atoms with Gasteiger partial charge in [0.05, 0.1) is 11.3 Å². The summed E-state index contributed by atoms with van der Waals surface area (Å²) in [5.41, 5.74) is 1.24. The van der Waals surface area contributed by atoms with Gasteiger partial charge < -0.3 is 14.8 Å². The molecule has 0 aliphatic heterocycles. The van der Waals surface area contributed by atoms with Crippen molar-refractivity contribution in [3.63, 3.8) is 0 Å². The average Bonchev–Trinajstić information content (AvgIpc) is 3.31. The fraction of sp³-hybridized carbons (Fsp3) is 0.276. The summed E-state index contributed by atoms with van der Waals surface area (Å²) in [5, 5.41) is 4.04. The van der Waals surface area contributed by atoms with Crippen LogP contribution in [0.1, 0.15) is 24.8 Å². The zero-order valence-electron chi connectivity index (χ0n) is 20.8. The number of nitrogens with one attached hydrogen (secondary N) is 1.